The molecule has 17 heavy (non-hydrogen) atoms. The topological polar surface area (TPSA) is 72.8 Å². The van der Waals surface area contributed by atoms with Crippen molar-refractivity contribution in [3.63, 3.8) is 0 Å². The first-order chi connectivity index (χ1) is 8.07. The maximum atomic E-state index is 11.8. The number of carbonyl (C=O) groups is 2. The van der Waals surface area contributed by atoms with Crippen LogP contribution in [-0.2, 0) is 19.1 Å². The van der Waals surface area contributed by atoms with Gasteiger partial charge in [0.1, 0.15) is 0 Å². The zero-order valence-corrected chi connectivity index (χ0v) is 10.1. The molecule has 1 N–H and O–H groups in total. The van der Waals surface area contributed by atoms with Gasteiger partial charge in [-0.2, -0.15) is 0 Å². The molecular formula is C12H18O5. The van der Waals surface area contributed by atoms with E-state index >= 15 is 0 Å². The quantitative estimate of drug-likeness (QED) is 0.439. The van der Waals surface area contributed by atoms with E-state index in [0.29, 0.717) is 6.42 Å². The van der Waals surface area contributed by atoms with Crippen molar-refractivity contribution in [2.75, 3.05) is 13.2 Å². The summed E-state index contributed by atoms with van der Waals surface area (Å²) >= 11 is 0. The molecule has 0 amide bonds. The summed E-state index contributed by atoms with van der Waals surface area (Å²) in [5.41, 5.74) is -2.21. The highest BCUT2D eigenvalue weighted by Crippen LogP contribution is 2.31. The van der Waals surface area contributed by atoms with Crippen LogP contribution in [0, 0.1) is 5.92 Å². The molecule has 0 radical (unpaired) electrons. The Morgan fingerprint density at radius 2 is 1.82 bits per heavy atom. The Balaban J connectivity index is 2.94. The van der Waals surface area contributed by atoms with Crippen LogP contribution < -0.4 is 0 Å². The number of aliphatic hydroxyl groups is 1. The van der Waals surface area contributed by atoms with Crippen LogP contribution in [-0.4, -0.2) is 35.9 Å². The van der Waals surface area contributed by atoms with E-state index in [1.165, 1.54) is 0 Å². The van der Waals surface area contributed by atoms with Crippen molar-refractivity contribution in [3.8, 4) is 0 Å². The van der Waals surface area contributed by atoms with Crippen molar-refractivity contribution in [3.05, 3.63) is 12.2 Å². The molecule has 0 spiro atoms. The van der Waals surface area contributed by atoms with Crippen LogP contribution in [0.25, 0.3) is 0 Å². The third-order valence-electron chi connectivity index (χ3n) is 2.72. The van der Waals surface area contributed by atoms with Gasteiger partial charge < -0.3 is 14.6 Å². The van der Waals surface area contributed by atoms with Crippen molar-refractivity contribution in [1.29, 1.82) is 0 Å². The Morgan fingerprint density at radius 1 is 1.29 bits per heavy atom. The predicted octanol–water partition coefficient (Wildman–Crippen LogP) is 0.810. The van der Waals surface area contributed by atoms with Crippen LogP contribution in [0.2, 0.25) is 0 Å². The van der Waals surface area contributed by atoms with E-state index in [-0.39, 0.29) is 13.2 Å². The highest BCUT2D eigenvalue weighted by Gasteiger charge is 2.53. The van der Waals surface area contributed by atoms with E-state index in [9.17, 15) is 14.7 Å². The average molecular weight is 242 g/mol. The Bertz CT molecular complexity index is 303. The summed E-state index contributed by atoms with van der Waals surface area (Å²) in [4.78, 5) is 23.5. The molecule has 1 aliphatic carbocycles. The zero-order valence-electron chi connectivity index (χ0n) is 10.1. The van der Waals surface area contributed by atoms with Gasteiger partial charge in [0.05, 0.1) is 13.2 Å². The summed E-state index contributed by atoms with van der Waals surface area (Å²) < 4.78 is 9.53. The van der Waals surface area contributed by atoms with Gasteiger partial charge in [0.25, 0.3) is 5.60 Å². The van der Waals surface area contributed by atoms with Gasteiger partial charge in [0, 0.05) is 5.92 Å². The Morgan fingerprint density at radius 3 is 2.18 bits per heavy atom. The number of esters is 2. The molecule has 1 unspecified atom stereocenters. The average Bonchev–Trinajstić information content (AvgIpc) is 2.82. The lowest BCUT2D eigenvalue weighted by Crippen LogP contribution is -2.53. The molecule has 0 aliphatic heterocycles. The largest absolute Gasteiger partial charge is 0.463 e. The second-order valence-corrected chi connectivity index (χ2v) is 3.82. The second-order valence-electron chi connectivity index (χ2n) is 3.82. The van der Waals surface area contributed by atoms with Gasteiger partial charge >= 0.3 is 11.9 Å². The molecule has 1 rings (SSSR count). The van der Waals surface area contributed by atoms with Gasteiger partial charge in [0.2, 0.25) is 0 Å². The third kappa shape index (κ3) is 2.66. The van der Waals surface area contributed by atoms with Gasteiger partial charge in [-0.3, -0.25) is 0 Å². The first-order valence-electron chi connectivity index (χ1n) is 5.80. The zero-order chi connectivity index (χ0) is 12.9. The summed E-state index contributed by atoms with van der Waals surface area (Å²) in [6.45, 7) is 3.45. The van der Waals surface area contributed by atoms with Crippen molar-refractivity contribution < 1.29 is 24.2 Å². The fourth-order valence-corrected chi connectivity index (χ4v) is 1.85. The minimum absolute atomic E-state index is 0.108. The third-order valence-corrected chi connectivity index (χ3v) is 2.72. The molecule has 0 saturated carbocycles. The highest BCUT2D eigenvalue weighted by atomic mass is 16.6. The molecule has 0 saturated heterocycles. The molecule has 0 aromatic rings. The van der Waals surface area contributed by atoms with E-state index in [1.807, 2.05) is 6.08 Å². The number of ether oxygens (including phenoxy) is 2. The van der Waals surface area contributed by atoms with Crippen LogP contribution in [0.15, 0.2) is 12.2 Å². The van der Waals surface area contributed by atoms with Crippen LogP contribution in [0.5, 0.6) is 0 Å². The van der Waals surface area contributed by atoms with Gasteiger partial charge in [-0.1, -0.05) is 12.2 Å². The maximum Gasteiger partial charge on any atom is 0.350 e. The molecule has 96 valence electrons. The van der Waals surface area contributed by atoms with Crippen molar-refractivity contribution in [2.24, 2.45) is 5.92 Å². The Kier molecular flexibility index (Phi) is 4.69. The summed E-state index contributed by atoms with van der Waals surface area (Å²) in [6, 6.07) is 0. The molecular weight excluding hydrogens is 224 g/mol. The second kappa shape index (κ2) is 5.82. The molecule has 0 aromatic carbocycles. The number of hydrogen-bond donors (Lipinski definition) is 1. The molecule has 0 aromatic heterocycles. The fraction of sp³-hybridized carbons (Fsp3) is 0.667. The standard InChI is InChI=1S/C12H18O5/c1-3-16-10(13)12(15,11(14)17-4-2)9-7-5-6-8-9/h5,7,9,15H,3-4,6,8H2,1-2H3. The van der Waals surface area contributed by atoms with Crippen molar-refractivity contribution in [1.82, 2.24) is 0 Å². The molecule has 1 atom stereocenters. The maximum absolute atomic E-state index is 11.8. The molecule has 5 nitrogen and oxygen atoms in total. The number of hydrogen-bond acceptors (Lipinski definition) is 5. The number of allylic oxidation sites excluding steroid dienone is 1. The normalized spacial score (nSPS) is 19.1. The first-order valence-corrected chi connectivity index (χ1v) is 5.80. The molecule has 0 bridgehead atoms. The first kappa shape index (κ1) is 13.7. The molecule has 0 heterocycles. The van der Waals surface area contributed by atoms with Crippen LogP contribution in [0.4, 0.5) is 0 Å². The highest BCUT2D eigenvalue weighted by molar-refractivity contribution is 6.04. The monoisotopic (exact) mass is 242 g/mol. The lowest BCUT2D eigenvalue weighted by Gasteiger charge is -2.28. The summed E-state index contributed by atoms with van der Waals surface area (Å²) in [7, 11) is 0. The summed E-state index contributed by atoms with van der Waals surface area (Å²) in [6.07, 6.45) is 4.75. The summed E-state index contributed by atoms with van der Waals surface area (Å²) in [5, 5.41) is 10.3. The number of rotatable bonds is 5. The minimum Gasteiger partial charge on any atom is -0.463 e. The van der Waals surface area contributed by atoms with Crippen LogP contribution in [0.3, 0.4) is 0 Å². The SMILES string of the molecule is CCOC(=O)C(O)(C(=O)OCC)C1C=CCC1. The van der Waals surface area contributed by atoms with E-state index in [0.717, 1.165) is 6.42 Å². The van der Waals surface area contributed by atoms with Gasteiger partial charge in [0.15, 0.2) is 0 Å². The number of carbonyl (C=O) groups excluding carboxylic acids is 2. The minimum atomic E-state index is -2.21. The van der Waals surface area contributed by atoms with E-state index in [4.69, 9.17) is 9.47 Å². The van der Waals surface area contributed by atoms with Gasteiger partial charge in [-0.25, -0.2) is 9.59 Å². The molecule has 1 aliphatic rings. The molecule has 0 fully saturated rings. The van der Waals surface area contributed by atoms with Gasteiger partial charge in [-0.15, -0.1) is 0 Å². The van der Waals surface area contributed by atoms with E-state index in [2.05, 4.69) is 0 Å². The smallest absolute Gasteiger partial charge is 0.350 e. The lowest BCUT2D eigenvalue weighted by atomic mass is 9.87. The van der Waals surface area contributed by atoms with E-state index in [1.54, 1.807) is 19.9 Å². The lowest BCUT2D eigenvalue weighted by molar-refractivity contribution is -0.188. The summed E-state index contributed by atoms with van der Waals surface area (Å²) in [5.74, 6) is -2.44. The van der Waals surface area contributed by atoms with Gasteiger partial charge in [-0.05, 0) is 26.7 Å². The van der Waals surface area contributed by atoms with Crippen molar-refractivity contribution in [2.45, 2.75) is 32.3 Å². The van der Waals surface area contributed by atoms with Crippen LogP contribution in [0.1, 0.15) is 26.7 Å². The Hall–Kier alpha value is -1.36. The van der Waals surface area contributed by atoms with Crippen molar-refractivity contribution >= 4 is 11.9 Å². The molecule has 5 heteroatoms. The Labute approximate surface area is 100 Å². The van der Waals surface area contributed by atoms with E-state index < -0.39 is 23.5 Å². The predicted molar refractivity (Wildman–Crippen MR) is 60.1 cm³/mol. The fourth-order valence-electron chi connectivity index (χ4n) is 1.85. The van der Waals surface area contributed by atoms with Crippen LogP contribution >= 0.6 is 0 Å².